The summed E-state index contributed by atoms with van der Waals surface area (Å²) in [6.45, 7) is 2.28. The van der Waals surface area contributed by atoms with Gasteiger partial charge in [0, 0.05) is 19.0 Å². The number of fused-ring (bicyclic) bond motifs is 1. The fourth-order valence-electron chi connectivity index (χ4n) is 2.11. The highest BCUT2D eigenvalue weighted by Gasteiger charge is 2.23. The van der Waals surface area contributed by atoms with Gasteiger partial charge in [-0.3, -0.25) is 0 Å². The van der Waals surface area contributed by atoms with E-state index in [0.29, 0.717) is 0 Å². The molecule has 4 heteroatoms. The molecule has 0 saturated heterocycles. The Hall–Kier alpha value is -1.34. The van der Waals surface area contributed by atoms with Crippen LogP contribution >= 0.6 is 11.3 Å². The quantitative estimate of drug-likeness (QED) is 0.595. The van der Waals surface area contributed by atoms with Crippen LogP contribution in [0.2, 0.25) is 0 Å². The monoisotopic (exact) mass is 247 g/mol. The molecule has 0 spiro atoms. The maximum absolute atomic E-state index is 9.26. The van der Waals surface area contributed by atoms with E-state index >= 15 is 0 Å². The van der Waals surface area contributed by atoms with E-state index in [-0.39, 0.29) is 0 Å². The molecular weight excluding hydrogens is 230 g/mol. The summed E-state index contributed by atoms with van der Waals surface area (Å²) < 4.78 is 0. The molecule has 1 unspecified atom stereocenters. The van der Waals surface area contributed by atoms with Crippen molar-refractivity contribution in [3.05, 3.63) is 16.0 Å². The van der Waals surface area contributed by atoms with Crippen molar-refractivity contribution in [2.24, 2.45) is 10.9 Å². The maximum Gasteiger partial charge on any atom is 0.136 e. The van der Waals surface area contributed by atoms with Crippen LogP contribution in [0.1, 0.15) is 29.3 Å². The van der Waals surface area contributed by atoms with Gasteiger partial charge in [0.1, 0.15) is 11.1 Å². The molecule has 0 N–H and O–H groups in total. The van der Waals surface area contributed by atoms with Crippen LogP contribution in [0.3, 0.4) is 0 Å². The minimum absolute atomic E-state index is 0.735. The highest BCUT2D eigenvalue weighted by atomic mass is 32.1. The van der Waals surface area contributed by atoms with Crippen LogP contribution in [0.4, 0.5) is 5.00 Å². The summed E-state index contributed by atoms with van der Waals surface area (Å²) in [7, 11) is 3.87. The van der Waals surface area contributed by atoms with Gasteiger partial charge in [-0.05, 0) is 30.7 Å². The molecule has 1 aliphatic carbocycles. The molecule has 1 aromatic rings. The van der Waals surface area contributed by atoms with Crippen LogP contribution in [-0.2, 0) is 12.8 Å². The summed E-state index contributed by atoms with van der Waals surface area (Å²) in [6, 6.07) is 2.32. The standard InChI is InChI=1S/C13H17N3S/c1-9-4-5-10-11(7-14)13(15-8-16(2)3)17-12(10)6-9/h8-9H,4-6H2,1-3H3. The van der Waals surface area contributed by atoms with Crippen molar-refractivity contribution in [3.63, 3.8) is 0 Å². The predicted octanol–water partition coefficient (Wildman–Crippen LogP) is 2.97. The first-order valence-electron chi connectivity index (χ1n) is 5.87. The maximum atomic E-state index is 9.26. The first-order chi connectivity index (χ1) is 8.11. The van der Waals surface area contributed by atoms with E-state index in [2.05, 4.69) is 18.0 Å². The lowest BCUT2D eigenvalue weighted by Gasteiger charge is -2.17. The van der Waals surface area contributed by atoms with Crippen LogP contribution < -0.4 is 0 Å². The molecule has 3 nitrogen and oxygen atoms in total. The molecule has 1 atom stereocenters. The number of rotatable bonds is 2. The van der Waals surface area contributed by atoms with Crippen molar-refractivity contribution in [1.82, 2.24) is 4.90 Å². The van der Waals surface area contributed by atoms with Gasteiger partial charge in [0.2, 0.25) is 0 Å². The third-order valence-electron chi connectivity index (χ3n) is 3.01. The van der Waals surface area contributed by atoms with Crippen LogP contribution in [0.15, 0.2) is 4.99 Å². The van der Waals surface area contributed by atoms with E-state index in [9.17, 15) is 5.26 Å². The number of aliphatic imine (C=N–C) groups is 1. The Labute approximate surface area is 106 Å². The molecule has 0 bridgehead atoms. The fourth-order valence-corrected chi connectivity index (χ4v) is 3.41. The van der Waals surface area contributed by atoms with E-state index in [1.165, 1.54) is 16.9 Å². The first-order valence-corrected chi connectivity index (χ1v) is 6.68. The molecule has 0 fully saturated rings. The molecule has 1 heterocycles. The number of hydrogen-bond acceptors (Lipinski definition) is 3. The summed E-state index contributed by atoms with van der Waals surface area (Å²) in [4.78, 5) is 7.66. The van der Waals surface area contributed by atoms with Gasteiger partial charge in [0.25, 0.3) is 0 Å². The van der Waals surface area contributed by atoms with Gasteiger partial charge in [0.15, 0.2) is 0 Å². The predicted molar refractivity (Wildman–Crippen MR) is 72.1 cm³/mol. The zero-order chi connectivity index (χ0) is 12.4. The van der Waals surface area contributed by atoms with Gasteiger partial charge in [-0.25, -0.2) is 4.99 Å². The lowest BCUT2D eigenvalue weighted by atomic mass is 9.89. The Kier molecular flexibility index (Phi) is 3.49. The number of nitriles is 1. The fraction of sp³-hybridized carbons (Fsp3) is 0.538. The van der Waals surface area contributed by atoms with E-state index in [4.69, 9.17) is 0 Å². The van der Waals surface area contributed by atoms with Crippen molar-refractivity contribution >= 4 is 22.7 Å². The number of nitrogens with zero attached hydrogens (tertiary/aromatic N) is 3. The third kappa shape index (κ3) is 2.50. The van der Waals surface area contributed by atoms with E-state index in [1.54, 1.807) is 17.7 Å². The summed E-state index contributed by atoms with van der Waals surface area (Å²) in [5, 5.41) is 10.1. The number of thiophene rings is 1. The summed E-state index contributed by atoms with van der Waals surface area (Å²) >= 11 is 1.69. The van der Waals surface area contributed by atoms with Crippen LogP contribution in [0.5, 0.6) is 0 Å². The second kappa shape index (κ2) is 4.89. The third-order valence-corrected chi connectivity index (χ3v) is 4.17. The second-order valence-electron chi connectivity index (χ2n) is 4.85. The molecule has 0 saturated carbocycles. The van der Waals surface area contributed by atoms with Crippen molar-refractivity contribution in [2.45, 2.75) is 26.2 Å². The van der Waals surface area contributed by atoms with Gasteiger partial charge in [0.05, 0.1) is 11.9 Å². The zero-order valence-corrected chi connectivity index (χ0v) is 11.3. The van der Waals surface area contributed by atoms with E-state index in [0.717, 1.165) is 29.3 Å². The zero-order valence-electron chi connectivity index (χ0n) is 10.5. The summed E-state index contributed by atoms with van der Waals surface area (Å²) in [5.74, 6) is 0.735. The molecule has 1 aliphatic rings. The highest BCUT2D eigenvalue weighted by molar-refractivity contribution is 7.16. The topological polar surface area (TPSA) is 39.4 Å². The molecule has 2 rings (SSSR count). The van der Waals surface area contributed by atoms with Crippen molar-refractivity contribution in [1.29, 1.82) is 5.26 Å². The first kappa shape index (κ1) is 12.1. The lowest BCUT2D eigenvalue weighted by Crippen LogP contribution is -2.09. The molecular formula is C13H17N3S. The molecule has 0 radical (unpaired) electrons. The number of hydrogen-bond donors (Lipinski definition) is 0. The summed E-state index contributed by atoms with van der Waals surface area (Å²) in [5.41, 5.74) is 2.05. The minimum Gasteiger partial charge on any atom is -0.369 e. The Bertz CT molecular complexity index is 480. The Balaban J connectivity index is 2.38. The summed E-state index contributed by atoms with van der Waals surface area (Å²) in [6.07, 6.45) is 5.09. The van der Waals surface area contributed by atoms with Gasteiger partial charge in [-0.1, -0.05) is 6.92 Å². The van der Waals surface area contributed by atoms with E-state index < -0.39 is 0 Å². The Morgan fingerprint density at radius 2 is 2.29 bits per heavy atom. The van der Waals surface area contributed by atoms with Crippen molar-refractivity contribution in [3.8, 4) is 6.07 Å². The van der Waals surface area contributed by atoms with Crippen LogP contribution in [-0.4, -0.2) is 25.3 Å². The normalized spacial score (nSPS) is 19.1. The highest BCUT2D eigenvalue weighted by Crippen LogP contribution is 2.40. The molecule has 0 aliphatic heterocycles. The Morgan fingerprint density at radius 3 is 2.94 bits per heavy atom. The second-order valence-corrected chi connectivity index (χ2v) is 5.94. The van der Waals surface area contributed by atoms with Gasteiger partial charge in [-0.2, -0.15) is 5.26 Å². The molecule has 90 valence electrons. The van der Waals surface area contributed by atoms with Crippen LogP contribution in [0, 0.1) is 17.2 Å². The lowest BCUT2D eigenvalue weighted by molar-refractivity contribution is 0.507. The smallest absolute Gasteiger partial charge is 0.136 e. The van der Waals surface area contributed by atoms with E-state index in [1.807, 2.05) is 19.0 Å². The molecule has 0 amide bonds. The Morgan fingerprint density at radius 1 is 1.53 bits per heavy atom. The minimum atomic E-state index is 0.735. The molecule has 1 aromatic heterocycles. The molecule has 0 aromatic carbocycles. The van der Waals surface area contributed by atoms with Gasteiger partial charge in [-0.15, -0.1) is 11.3 Å². The van der Waals surface area contributed by atoms with Gasteiger partial charge < -0.3 is 4.90 Å². The van der Waals surface area contributed by atoms with Crippen LogP contribution in [0.25, 0.3) is 0 Å². The van der Waals surface area contributed by atoms with Crippen molar-refractivity contribution < 1.29 is 0 Å². The molecule has 17 heavy (non-hydrogen) atoms. The average molecular weight is 247 g/mol. The van der Waals surface area contributed by atoms with Crippen molar-refractivity contribution in [2.75, 3.05) is 14.1 Å². The largest absolute Gasteiger partial charge is 0.369 e. The average Bonchev–Trinajstić information content (AvgIpc) is 2.62. The SMILES string of the molecule is CC1CCc2c(sc(N=CN(C)C)c2C#N)C1. The van der Waals surface area contributed by atoms with Gasteiger partial charge >= 0.3 is 0 Å².